The molecule has 2 heterocycles. The highest BCUT2D eigenvalue weighted by atomic mass is 32.2. The summed E-state index contributed by atoms with van der Waals surface area (Å²) >= 11 is 0. The Morgan fingerprint density at radius 3 is 2.43 bits per heavy atom. The number of aromatic nitrogens is 1. The van der Waals surface area contributed by atoms with Crippen LogP contribution in [0.15, 0.2) is 88.3 Å². The molecule has 0 atom stereocenters. The molecule has 0 fully saturated rings. The minimum absolute atomic E-state index is 0.147. The Morgan fingerprint density at radius 1 is 0.893 bits per heavy atom. The number of pyridine rings is 1. The van der Waals surface area contributed by atoms with Crippen LogP contribution >= 0.6 is 0 Å². The zero-order valence-corrected chi connectivity index (χ0v) is 16.3. The lowest BCUT2D eigenvalue weighted by Crippen LogP contribution is -2.30. The third kappa shape index (κ3) is 3.69. The predicted molar refractivity (Wildman–Crippen MR) is 108 cm³/mol. The van der Waals surface area contributed by atoms with Gasteiger partial charge in [-0.05, 0) is 36.8 Å². The van der Waals surface area contributed by atoms with Crippen LogP contribution in [0.2, 0.25) is 0 Å². The van der Waals surface area contributed by atoms with Crippen LogP contribution in [-0.4, -0.2) is 17.7 Å². The van der Waals surface area contributed by atoms with E-state index < -0.39 is 10.0 Å². The van der Waals surface area contributed by atoms with Crippen LogP contribution in [0.4, 0.5) is 0 Å². The molecule has 4 aromatic rings. The zero-order valence-electron chi connectivity index (χ0n) is 15.4. The third-order valence-electron chi connectivity index (χ3n) is 4.54. The van der Waals surface area contributed by atoms with Crippen LogP contribution in [0.1, 0.15) is 17.1 Å². The standard InChI is InChI=1S/C22H20N2O3S/c1-17-12-13-20(27-17)16-24(15-18-7-3-2-4-8-18)28(25,26)21-11-5-9-19-10-6-14-23-22(19)21/h2-14H,15-16H2,1H3. The Morgan fingerprint density at radius 2 is 1.68 bits per heavy atom. The van der Waals surface area contributed by atoms with Crippen molar-refractivity contribution in [3.8, 4) is 0 Å². The molecule has 142 valence electrons. The lowest BCUT2D eigenvalue weighted by molar-refractivity contribution is 0.353. The van der Waals surface area contributed by atoms with Gasteiger partial charge in [-0.3, -0.25) is 4.98 Å². The van der Waals surface area contributed by atoms with Crippen molar-refractivity contribution in [2.75, 3.05) is 0 Å². The maximum Gasteiger partial charge on any atom is 0.245 e. The van der Waals surface area contributed by atoms with Gasteiger partial charge in [0.15, 0.2) is 0 Å². The van der Waals surface area contributed by atoms with Crippen LogP contribution in [0, 0.1) is 6.92 Å². The summed E-state index contributed by atoms with van der Waals surface area (Å²) in [5.74, 6) is 1.35. The van der Waals surface area contributed by atoms with Gasteiger partial charge in [0, 0.05) is 18.1 Å². The fourth-order valence-corrected chi connectivity index (χ4v) is 4.74. The quantitative estimate of drug-likeness (QED) is 0.484. The Balaban J connectivity index is 1.79. The molecule has 0 N–H and O–H groups in total. The monoisotopic (exact) mass is 392 g/mol. The fourth-order valence-electron chi connectivity index (χ4n) is 3.18. The summed E-state index contributed by atoms with van der Waals surface area (Å²) in [6.07, 6.45) is 1.61. The second kappa shape index (κ2) is 7.58. The molecule has 6 heteroatoms. The van der Waals surface area contributed by atoms with Gasteiger partial charge in [-0.1, -0.05) is 48.5 Å². The average molecular weight is 392 g/mol. The van der Waals surface area contributed by atoms with Gasteiger partial charge < -0.3 is 4.42 Å². The lowest BCUT2D eigenvalue weighted by Gasteiger charge is -2.22. The normalized spacial score (nSPS) is 11.9. The first-order chi connectivity index (χ1) is 13.5. The number of hydrogen-bond acceptors (Lipinski definition) is 4. The predicted octanol–water partition coefficient (Wildman–Crippen LogP) is 4.53. The number of fused-ring (bicyclic) bond motifs is 1. The van der Waals surface area contributed by atoms with Crippen molar-refractivity contribution in [3.63, 3.8) is 0 Å². The van der Waals surface area contributed by atoms with E-state index in [2.05, 4.69) is 4.98 Å². The summed E-state index contributed by atoms with van der Waals surface area (Å²) in [6.45, 7) is 2.23. The zero-order chi connectivity index (χ0) is 19.6. The molecular formula is C22H20N2O3S. The van der Waals surface area contributed by atoms with E-state index in [0.717, 1.165) is 16.7 Å². The molecule has 4 rings (SSSR count). The van der Waals surface area contributed by atoms with E-state index in [1.54, 1.807) is 24.4 Å². The minimum atomic E-state index is -3.80. The van der Waals surface area contributed by atoms with E-state index in [9.17, 15) is 8.42 Å². The van der Waals surface area contributed by atoms with Gasteiger partial charge in [0.25, 0.3) is 0 Å². The first kappa shape index (κ1) is 18.4. The molecule has 0 saturated heterocycles. The molecule has 0 saturated carbocycles. The maximum absolute atomic E-state index is 13.6. The molecular weight excluding hydrogens is 372 g/mol. The molecule has 28 heavy (non-hydrogen) atoms. The van der Waals surface area contributed by atoms with Crippen molar-refractivity contribution in [2.45, 2.75) is 24.9 Å². The molecule has 0 spiro atoms. The van der Waals surface area contributed by atoms with E-state index in [-0.39, 0.29) is 18.0 Å². The number of nitrogens with zero attached hydrogens (tertiary/aromatic N) is 2. The first-order valence-electron chi connectivity index (χ1n) is 8.97. The Bertz CT molecular complexity index is 1200. The number of para-hydroxylation sites is 1. The molecule has 0 unspecified atom stereocenters. The highest BCUT2D eigenvalue weighted by molar-refractivity contribution is 7.89. The molecule has 5 nitrogen and oxygen atoms in total. The Hall–Kier alpha value is -2.96. The van der Waals surface area contributed by atoms with Crippen LogP contribution < -0.4 is 0 Å². The van der Waals surface area contributed by atoms with Gasteiger partial charge in [0.1, 0.15) is 16.4 Å². The van der Waals surface area contributed by atoms with E-state index >= 15 is 0 Å². The molecule has 2 aromatic carbocycles. The number of aryl methyl sites for hydroxylation is 1. The van der Waals surface area contributed by atoms with E-state index in [0.29, 0.717) is 11.3 Å². The van der Waals surface area contributed by atoms with Gasteiger partial charge in [-0.2, -0.15) is 4.31 Å². The SMILES string of the molecule is Cc1ccc(CN(Cc2ccccc2)S(=O)(=O)c2cccc3cccnc23)o1. The lowest BCUT2D eigenvalue weighted by atomic mass is 10.2. The van der Waals surface area contributed by atoms with Gasteiger partial charge in [0.2, 0.25) is 10.0 Å². The molecule has 0 bridgehead atoms. The topological polar surface area (TPSA) is 63.4 Å². The summed E-state index contributed by atoms with van der Waals surface area (Å²) in [4.78, 5) is 4.52. The molecule has 0 radical (unpaired) electrons. The van der Waals surface area contributed by atoms with Gasteiger partial charge >= 0.3 is 0 Å². The van der Waals surface area contributed by atoms with E-state index in [1.807, 2.05) is 61.5 Å². The van der Waals surface area contributed by atoms with Crippen LogP contribution in [-0.2, 0) is 23.1 Å². The molecule has 0 amide bonds. The van der Waals surface area contributed by atoms with Crippen molar-refractivity contribution < 1.29 is 12.8 Å². The summed E-state index contributed by atoms with van der Waals surface area (Å²) < 4.78 is 34.3. The summed E-state index contributed by atoms with van der Waals surface area (Å²) in [5.41, 5.74) is 1.38. The average Bonchev–Trinajstić information content (AvgIpc) is 3.12. The third-order valence-corrected chi connectivity index (χ3v) is 6.37. The van der Waals surface area contributed by atoms with Crippen LogP contribution in [0.25, 0.3) is 10.9 Å². The Kier molecular flexibility index (Phi) is 4.98. The number of benzene rings is 2. The maximum atomic E-state index is 13.6. The highest BCUT2D eigenvalue weighted by Gasteiger charge is 2.28. The van der Waals surface area contributed by atoms with Crippen molar-refractivity contribution in [3.05, 3.63) is 96.1 Å². The van der Waals surface area contributed by atoms with Gasteiger partial charge in [0.05, 0.1) is 12.1 Å². The van der Waals surface area contributed by atoms with E-state index in [4.69, 9.17) is 4.42 Å². The number of hydrogen-bond donors (Lipinski definition) is 0. The van der Waals surface area contributed by atoms with Gasteiger partial charge in [-0.25, -0.2) is 8.42 Å². The summed E-state index contributed by atoms with van der Waals surface area (Å²) in [5, 5.41) is 0.789. The second-order valence-electron chi connectivity index (χ2n) is 6.60. The Labute approximate surface area is 164 Å². The van der Waals surface area contributed by atoms with Crippen molar-refractivity contribution in [1.29, 1.82) is 0 Å². The minimum Gasteiger partial charge on any atom is -0.465 e. The highest BCUT2D eigenvalue weighted by Crippen LogP contribution is 2.27. The summed E-state index contributed by atoms with van der Waals surface area (Å²) in [7, 11) is -3.80. The largest absolute Gasteiger partial charge is 0.465 e. The van der Waals surface area contributed by atoms with Crippen LogP contribution in [0.3, 0.4) is 0 Å². The molecule has 2 aromatic heterocycles. The fraction of sp³-hybridized carbons (Fsp3) is 0.136. The van der Waals surface area contributed by atoms with Crippen molar-refractivity contribution in [2.24, 2.45) is 0 Å². The number of sulfonamides is 1. The van der Waals surface area contributed by atoms with E-state index in [1.165, 1.54) is 4.31 Å². The molecule has 0 aliphatic rings. The summed E-state index contributed by atoms with van der Waals surface area (Å²) in [6, 6.07) is 22.1. The smallest absolute Gasteiger partial charge is 0.245 e. The van der Waals surface area contributed by atoms with Gasteiger partial charge in [-0.15, -0.1) is 0 Å². The van der Waals surface area contributed by atoms with Crippen molar-refractivity contribution >= 4 is 20.9 Å². The van der Waals surface area contributed by atoms with Crippen LogP contribution in [0.5, 0.6) is 0 Å². The van der Waals surface area contributed by atoms with Crippen molar-refractivity contribution in [1.82, 2.24) is 9.29 Å². The number of rotatable bonds is 6. The number of furan rings is 1. The first-order valence-corrected chi connectivity index (χ1v) is 10.4. The molecule has 0 aliphatic carbocycles. The second-order valence-corrected chi connectivity index (χ2v) is 8.51. The molecule has 0 aliphatic heterocycles.